The van der Waals surface area contributed by atoms with Gasteiger partial charge in [0, 0.05) is 32.2 Å². The average Bonchev–Trinajstić information content (AvgIpc) is 3.17. The molecule has 0 aliphatic carbocycles. The lowest BCUT2D eigenvalue weighted by molar-refractivity contribution is -0.138. The van der Waals surface area contributed by atoms with Crippen LogP contribution in [0.3, 0.4) is 0 Å². The summed E-state index contributed by atoms with van der Waals surface area (Å²) < 4.78 is 10.8. The quantitative estimate of drug-likeness (QED) is 0.749. The van der Waals surface area contributed by atoms with Crippen molar-refractivity contribution in [2.24, 2.45) is 5.92 Å². The molecule has 1 amide bonds. The number of carbonyl (C=O) groups excluding carboxylic acids is 1. The second-order valence-electron chi connectivity index (χ2n) is 7.31. The number of hydrogen-bond acceptors (Lipinski definition) is 5. The molecule has 2 aromatic rings. The third kappa shape index (κ3) is 4.96. The third-order valence-electron chi connectivity index (χ3n) is 5.31. The Hall–Kier alpha value is -2.18. The number of amides is 1. The minimum atomic E-state index is 0.0998. The molecule has 6 heteroatoms. The predicted octanol–water partition coefficient (Wildman–Crippen LogP) is 3.05. The van der Waals surface area contributed by atoms with E-state index in [1.807, 2.05) is 49.2 Å². The fourth-order valence-electron chi connectivity index (χ4n) is 3.52. The van der Waals surface area contributed by atoms with Crippen LogP contribution in [0.1, 0.15) is 25.5 Å². The van der Waals surface area contributed by atoms with Crippen molar-refractivity contribution in [1.29, 1.82) is 0 Å². The van der Waals surface area contributed by atoms with Crippen LogP contribution in [-0.2, 0) is 16.1 Å². The van der Waals surface area contributed by atoms with E-state index < -0.39 is 0 Å². The minimum absolute atomic E-state index is 0.0998. The van der Waals surface area contributed by atoms with Gasteiger partial charge in [0.15, 0.2) is 0 Å². The van der Waals surface area contributed by atoms with E-state index in [1.54, 1.807) is 13.4 Å². The first-order valence-corrected chi connectivity index (χ1v) is 9.56. The standard InChI is InChI=1S/C21H29N3O3/c1-16(14-26-3)23(2)21(25)18-9-11-24(12-10-18)13-19-15-27-20(22-19)17-7-5-4-6-8-17/h4-8,15-16,18H,9-14H2,1-3H3/t16-/m0/s1. The van der Waals surface area contributed by atoms with Crippen molar-refractivity contribution < 1.29 is 13.9 Å². The van der Waals surface area contributed by atoms with Gasteiger partial charge in [-0.1, -0.05) is 18.2 Å². The van der Waals surface area contributed by atoms with Gasteiger partial charge in [0.1, 0.15) is 6.26 Å². The number of carbonyl (C=O) groups is 1. The molecule has 1 fully saturated rings. The number of oxazole rings is 1. The first-order valence-electron chi connectivity index (χ1n) is 9.56. The van der Waals surface area contributed by atoms with Gasteiger partial charge in [-0.2, -0.15) is 0 Å². The lowest BCUT2D eigenvalue weighted by Crippen LogP contribution is -2.45. The summed E-state index contributed by atoms with van der Waals surface area (Å²) in [7, 11) is 3.54. The van der Waals surface area contributed by atoms with Crippen molar-refractivity contribution in [2.45, 2.75) is 32.4 Å². The molecule has 2 heterocycles. The third-order valence-corrected chi connectivity index (χ3v) is 5.31. The molecule has 3 rings (SSSR count). The molecule has 1 aromatic heterocycles. The number of aromatic nitrogens is 1. The summed E-state index contributed by atoms with van der Waals surface area (Å²) in [5.41, 5.74) is 1.92. The van der Waals surface area contributed by atoms with Crippen LogP contribution >= 0.6 is 0 Å². The lowest BCUT2D eigenvalue weighted by atomic mass is 9.95. The van der Waals surface area contributed by atoms with Gasteiger partial charge >= 0.3 is 0 Å². The molecule has 1 atom stereocenters. The zero-order chi connectivity index (χ0) is 19.2. The Morgan fingerprint density at radius 1 is 1.33 bits per heavy atom. The molecule has 1 aliphatic rings. The maximum Gasteiger partial charge on any atom is 0.226 e. The second-order valence-corrected chi connectivity index (χ2v) is 7.31. The van der Waals surface area contributed by atoms with Crippen LogP contribution in [0, 0.1) is 5.92 Å². The Morgan fingerprint density at radius 2 is 2.04 bits per heavy atom. The first kappa shape index (κ1) is 19.6. The zero-order valence-corrected chi connectivity index (χ0v) is 16.4. The molecule has 0 bridgehead atoms. The van der Waals surface area contributed by atoms with E-state index in [1.165, 1.54) is 0 Å². The maximum absolute atomic E-state index is 12.7. The first-order chi connectivity index (χ1) is 13.1. The zero-order valence-electron chi connectivity index (χ0n) is 16.4. The number of benzene rings is 1. The summed E-state index contributed by atoms with van der Waals surface area (Å²) in [6.07, 6.45) is 3.50. The molecule has 0 N–H and O–H groups in total. The summed E-state index contributed by atoms with van der Waals surface area (Å²) in [5, 5.41) is 0. The van der Waals surface area contributed by atoms with E-state index in [-0.39, 0.29) is 17.9 Å². The topological polar surface area (TPSA) is 58.8 Å². The number of likely N-dealkylation sites (tertiary alicyclic amines) is 1. The number of piperidine rings is 1. The van der Waals surface area contributed by atoms with Crippen LogP contribution in [0.15, 0.2) is 41.0 Å². The van der Waals surface area contributed by atoms with Crippen molar-refractivity contribution >= 4 is 5.91 Å². The summed E-state index contributed by atoms with van der Waals surface area (Å²) in [6, 6.07) is 10.0. The highest BCUT2D eigenvalue weighted by atomic mass is 16.5. The Labute approximate surface area is 161 Å². The molecule has 146 valence electrons. The van der Waals surface area contributed by atoms with E-state index in [2.05, 4.69) is 9.88 Å². The van der Waals surface area contributed by atoms with Crippen molar-refractivity contribution in [1.82, 2.24) is 14.8 Å². The Morgan fingerprint density at radius 3 is 2.70 bits per heavy atom. The fraction of sp³-hybridized carbons (Fsp3) is 0.524. The van der Waals surface area contributed by atoms with Gasteiger partial charge in [-0.3, -0.25) is 9.69 Å². The van der Waals surface area contributed by atoms with Gasteiger partial charge in [-0.05, 0) is 45.0 Å². The number of methoxy groups -OCH3 is 1. The average molecular weight is 371 g/mol. The largest absolute Gasteiger partial charge is 0.444 e. The minimum Gasteiger partial charge on any atom is -0.444 e. The highest BCUT2D eigenvalue weighted by Gasteiger charge is 2.29. The van der Waals surface area contributed by atoms with Gasteiger partial charge in [0.25, 0.3) is 0 Å². The Kier molecular flexibility index (Phi) is 6.63. The number of likely N-dealkylation sites (N-methyl/N-ethyl adjacent to an activating group) is 1. The molecule has 1 saturated heterocycles. The van der Waals surface area contributed by atoms with Crippen LogP contribution in [0.5, 0.6) is 0 Å². The molecular weight excluding hydrogens is 342 g/mol. The summed E-state index contributed by atoms with van der Waals surface area (Å²) >= 11 is 0. The van der Waals surface area contributed by atoms with E-state index in [9.17, 15) is 4.79 Å². The number of ether oxygens (including phenoxy) is 1. The van der Waals surface area contributed by atoms with Crippen LogP contribution in [-0.4, -0.2) is 60.6 Å². The maximum atomic E-state index is 12.7. The normalized spacial score (nSPS) is 17.0. The van der Waals surface area contributed by atoms with Crippen molar-refractivity contribution in [3.63, 3.8) is 0 Å². The number of rotatable bonds is 7. The Bertz CT molecular complexity index is 723. The summed E-state index contributed by atoms with van der Waals surface area (Å²) in [5.74, 6) is 0.985. The molecule has 0 radical (unpaired) electrons. The van der Waals surface area contributed by atoms with Gasteiger partial charge in [-0.25, -0.2) is 4.98 Å². The molecule has 1 aromatic carbocycles. The molecule has 1 aliphatic heterocycles. The van der Waals surface area contributed by atoms with E-state index in [0.29, 0.717) is 12.5 Å². The monoisotopic (exact) mass is 371 g/mol. The van der Waals surface area contributed by atoms with Gasteiger partial charge in [0.2, 0.25) is 11.8 Å². The molecular formula is C21H29N3O3. The van der Waals surface area contributed by atoms with Gasteiger partial charge < -0.3 is 14.1 Å². The van der Waals surface area contributed by atoms with Crippen molar-refractivity contribution in [3.05, 3.63) is 42.3 Å². The predicted molar refractivity (Wildman–Crippen MR) is 104 cm³/mol. The van der Waals surface area contributed by atoms with Crippen LogP contribution in [0.2, 0.25) is 0 Å². The lowest BCUT2D eigenvalue weighted by Gasteiger charge is -2.34. The molecule has 6 nitrogen and oxygen atoms in total. The van der Waals surface area contributed by atoms with Crippen LogP contribution in [0.25, 0.3) is 11.5 Å². The highest BCUT2D eigenvalue weighted by molar-refractivity contribution is 5.79. The van der Waals surface area contributed by atoms with E-state index in [4.69, 9.17) is 9.15 Å². The van der Waals surface area contributed by atoms with Gasteiger partial charge in [-0.15, -0.1) is 0 Å². The Balaban J connectivity index is 1.50. The molecule has 27 heavy (non-hydrogen) atoms. The van der Waals surface area contributed by atoms with E-state index in [0.717, 1.165) is 43.7 Å². The summed E-state index contributed by atoms with van der Waals surface area (Å²) in [6.45, 7) is 5.14. The molecule has 0 saturated carbocycles. The van der Waals surface area contributed by atoms with Crippen LogP contribution in [0.4, 0.5) is 0 Å². The fourth-order valence-corrected chi connectivity index (χ4v) is 3.52. The second kappa shape index (κ2) is 9.15. The number of hydrogen-bond donors (Lipinski definition) is 0. The van der Waals surface area contributed by atoms with E-state index >= 15 is 0 Å². The SMILES string of the molecule is COC[C@H](C)N(C)C(=O)C1CCN(Cc2coc(-c3ccccc3)n2)CC1. The van der Waals surface area contributed by atoms with Crippen molar-refractivity contribution in [3.8, 4) is 11.5 Å². The van der Waals surface area contributed by atoms with Crippen LogP contribution < -0.4 is 0 Å². The highest BCUT2D eigenvalue weighted by Crippen LogP contribution is 2.23. The number of nitrogens with zero attached hydrogens (tertiary/aromatic N) is 3. The van der Waals surface area contributed by atoms with Gasteiger partial charge in [0.05, 0.1) is 18.3 Å². The summed E-state index contributed by atoms with van der Waals surface area (Å²) in [4.78, 5) is 21.4. The van der Waals surface area contributed by atoms with Crippen molar-refractivity contribution in [2.75, 3.05) is 33.9 Å². The molecule has 0 spiro atoms. The smallest absolute Gasteiger partial charge is 0.226 e. The molecule has 0 unspecified atom stereocenters.